The Morgan fingerprint density at radius 2 is 1.73 bits per heavy atom. The summed E-state index contributed by atoms with van der Waals surface area (Å²) in [7, 11) is -3.83. The van der Waals surface area contributed by atoms with Crippen molar-refractivity contribution in [3.05, 3.63) is 53.6 Å². The number of benzene rings is 2. The molecule has 1 saturated heterocycles. The number of anilines is 1. The zero-order valence-electron chi connectivity index (χ0n) is 18.2. The lowest BCUT2D eigenvalue weighted by Crippen LogP contribution is -2.38. The van der Waals surface area contributed by atoms with E-state index in [1.165, 1.54) is 31.2 Å². The molecule has 33 heavy (non-hydrogen) atoms. The molecular weight excluding hydrogens is 470 g/mol. The standard InChI is InChI=1S/C21H24ClN5O5S/c1-12-13(2)26-32-21(12)27-33(30,31)18-10-8-17(9-11-18)24-25-19(14(3)28)20(29)23-16-6-4-15(22)5-7-16/h4-13,19,21,26-27H,1-3H3,(H,23,29). The molecule has 4 unspecified atom stereocenters. The molecule has 12 heteroatoms. The van der Waals surface area contributed by atoms with Crippen molar-refractivity contribution in [2.45, 2.75) is 44.0 Å². The zero-order chi connectivity index (χ0) is 24.2. The number of hydrogen-bond acceptors (Lipinski definition) is 8. The Morgan fingerprint density at radius 1 is 1.09 bits per heavy atom. The maximum Gasteiger partial charge on any atom is 0.258 e. The Kier molecular flexibility index (Phi) is 7.92. The Morgan fingerprint density at radius 3 is 2.27 bits per heavy atom. The summed E-state index contributed by atoms with van der Waals surface area (Å²) in [6.45, 7) is 4.99. The van der Waals surface area contributed by atoms with Crippen molar-refractivity contribution in [1.29, 1.82) is 0 Å². The first-order valence-electron chi connectivity index (χ1n) is 10.1. The molecular formula is C21H24ClN5O5S. The van der Waals surface area contributed by atoms with Gasteiger partial charge in [0.05, 0.1) is 10.6 Å². The second-order valence-corrected chi connectivity index (χ2v) is 9.79. The first kappa shape index (κ1) is 24.9. The van der Waals surface area contributed by atoms with Crippen LogP contribution in [0.1, 0.15) is 20.8 Å². The van der Waals surface area contributed by atoms with E-state index >= 15 is 0 Å². The van der Waals surface area contributed by atoms with Crippen molar-refractivity contribution < 1.29 is 22.8 Å². The van der Waals surface area contributed by atoms with E-state index in [1.807, 2.05) is 13.8 Å². The topological polar surface area (TPSA) is 138 Å². The van der Waals surface area contributed by atoms with E-state index in [2.05, 4.69) is 25.7 Å². The van der Waals surface area contributed by atoms with Crippen LogP contribution in [0.4, 0.5) is 11.4 Å². The van der Waals surface area contributed by atoms with Crippen molar-refractivity contribution in [1.82, 2.24) is 10.2 Å². The number of sulfonamides is 1. The third-order valence-electron chi connectivity index (χ3n) is 5.10. The molecule has 0 radical (unpaired) electrons. The number of azo groups is 1. The van der Waals surface area contributed by atoms with Gasteiger partial charge in [-0.3, -0.25) is 14.4 Å². The van der Waals surface area contributed by atoms with Crippen LogP contribution in [0.15, 0.2) is 63.7 Å². The highest BCUT2D eigenvalue weighted by Gasteiger charge is 2.34. The van der Waals surface area contributed by atoms with E-state index in [1.54, 1.807) is 24.3 Å². The molecule has 3 rings (SSSR count). The van der Waals surface area contributed by atoms with Crippen LogP contribution in [0.25, 0.3) is 0 Å². The molecule has 176 valence electrons. The van der Waals surface area contributed by atoms with Crippen molar-refractivity contribution in [2.75, 3.05) is 5.32 Å². The van der Waals surface area contributed by atoms with Gasteiger partial charge in [-0.25, -0.2) is 8.42 Å². The molecule has 0 bridgehead atoms. The number of nitrogens with zero attached hydrogens (tertiary/aromatic N) is 2. The van der Waals surface area contributed by atoms with Gasteiger partial charge in [-0.15, -0.1) is 0 Å². The van der Waals surface area contributed by atoms with Gasteiger partial charge < -0.3 is 5.32 Å². The lowest BCUT2D eigenvalue weighted by molar-refractivity contribution is -0.126. The van der Waals surface area contributed by atoms with Gasteiger partial charge in [0.2, 0.25) is 16.1 Å². The molecule has 4 atom stereocenters. The third kappa shape index (κ3) is 6.42. The van der Waals surface area contributed by atoms with Crippen LogP contribution < -0.4 is 15.5 Å². The highest BCUT2D eigenvalue weighted by molar-refractivity contribution is 7.89. The van der Waals surface area contributed by atoms with Gasteiger partial charge in [0.25, 0.3) is 5.91 Å². The van der Waals surface area contributed by atoms with Gasteiger partial charge in [0.1, 0.15) is 6.23 Å². The van der Waals surface area contributed by atoms with Crippen molar-refractivity contribution in [3.63, 3.8) is 0 Å². The zero-order valence-corrected chi connectivity index (χ0v) is 19.7. The van der Waals surface area contributed by atoms with Crippen LogP contribution in [-0.4, -0.2) is 38.4 Å². The van der Waals surface area contributed by atoms with E-state index in [0.29, 0.717) is 10.7 Å². The number of nitrogens with one attached hydrogen (secondary N) is 3. The van der Waals surface area contributed by atoms with E-state index < -0.39 is 34.0 Å². The molecule has 1 heterocycles. The summed E-state index contributed by atoms with van der Waals surface area (Å²) in [5.41, 5.74) is 3.48. The fraction of sp³-hybridized carbons (Fsp3) is 0.333. The highest BCUT2D eigenvalue weighted by Crippen LogP contribution is 2.22. The summed E-state index contributed by atoms with van der Waals surface area (Å²) in [6, 6.07) is 10.6. The first-order chi connectivity index (χ1) is 15.6. The smallest absolute Gasteiger partial charge is 0.258 e. The number of hydrogen-bond donors (Lipinski definition) is 3. The number of hydroxylamine groups is 1. The maximum absolute atomic E-state index is 12.6. The van der Waals surface area contributed by atoms with Crippen LogP contribution in [0.2, 0.25) is 5.02 Å². The van der Waals surface area contributed by atoms with E-state index in [0.717, 1.165) is 0 Å². The Hall–Kier alpha value is -2.70. The quantitative estimate of drug-likeness (QED) is 0.381. The number of carbonyl (C=O) groups is 2. The Labute approximate surface area is 196 Å². The van der Waals surface area contributed by atoms with Gasteiger partial charge in [-0.05, 0) is 62.4 Å². The first-order valence-corrected chi connectivity index (χ1v) is 11.9. The van der Waals surface area contributed by atoms with Crippen molar-refractivity contribution in [2.24, 2.45) is 16.1 Å². The van der Waals surface area contributed by atoms with Gasteiger partial charge in [0.15, 0.2) is 5.78 Å². The maximum atomic E-state index is 12.6. The summed E-state index contributed by atoms with van der Waals surface area (Å²) in [4.78, 5) is 29.6. The van der Waals surface area contributed by atoms with E-state index in [4.69, 9.17) is 16.4 Å². The fourth-order valence-corrected chi connectivity index (χ4v) is 4.21. The number of halogens is 1. The molecule has 1 aliphatic rings. The number of amides is 1. The molecule has 0 saturated carbocycles. The Bertz CT molecular complexity index is 1140. The molecule has 1 amide bonds. The van der Waals surface area contributed by atoms with Gasteiger partial charge in [-0.1, -0.05) is 18.5 Å². The number of ketones is 1. The second-order valence-electron chi connectivity index (χ2n) is 7.64. The number of Topliss-reactive ketones (excluding diaryl/α,β-unsaturated/α-hetero) is 1. The van der Waals surface area contributed by atoms with Crippen LogP contribution in [-0.2, 0) is 24.4 Å². The molecule has 2 aromatic rings. The average molecular weight is 494 g/mol. The minimum Gasteiger partial charge on any atom is -0.324 e. The molecule has 1 fully saturated rings. The largest absolute Gasteiger partial charge is 0.324 e. The normalized spacial score (nSPS) is 21.8. The predicted octanol–water partition coefficient (Wildman–Crippen LogP) is 3.18. The molecule has 10 nitrogen and oxygen atoms in total. The molecule has 2 aromatic carbocycles. The molecule has 0 aliphatic carbocycles. The third-order valence-corrected chi connectivity index (χ3v) is 6.79. The number of carbonyl (C=O) groups excluding carboxylic acids is 2. The minimum absolute atomic E-state index is 0.00611. The number of rotatable bonds is 8. The lowest BCUT2D eigenvalue weighted by Gasteiger charge is -2.16. The molecule has 1 aliphatic heterocycles. The van der Waals surface area contributed by atoms with E-state index in [-0.39, 0.29) is 22.5 Å². The monoisotopic (exact) mass is 493 g/mol. The molecule has 0 aromatic heterocycles. The fourth-order valence-electron chi connectivity index (χ4n) is 2.89. The SMILES string of the molecule is CC(=O)C(N=Nc1ccc(S(=O)(=O)NC2ONC(C)C2C)cc1)C(=O)Nc1ccc(Cl)cc1. The van der Waals surface area contributed by atoms with E-state index in [9.17, 15) is 18.0 Å². The van der Waals surface area contributed by atoms with Crippen LogP contribution in [0.5, 0.6) is 0 Å². The minimum atomic E-state index is -3.83. The summed E-state index contributed by atoms with van der Waals surface area (Å²) in [5.74, 6) is -1.21. The summed E-state index contributed by atoms with van der Waals surface area (Å²) < 4.78 is 27.7. The van der Waals surface area contributed by atoms with Crippen LogP contribution in [0.3, 0.4) is 0 Å². The van der Waals surface area contributed by atoms with Crippen LogP contribution >= 0.6 is 11.6 Å². The molecule has 3 N–H and O–H groups in total. The van der Waals surface area contributed by atoms with Crippen LogP contribution in [0, 0.1) is 5.92 Å². The van der Waals surface area contributed by atoms with Gasteiger partial charge in [-0.2, -0.15) is 20.4 Å². The summed E-state index contributed by atoms with van der Waals surface area (Å²) in [6.07, 6.45) is -0.695. The van der Waals surface area contributed by atoms with Crippen molar-refractivity contribution >= 4 is 44.7 Å². The Balaban J connectivity index is 1.67. The summed E-state index contributed by atoms with van der Waals surface area (Å²) >= 11 is 5.82. The second kappa shape index (κ2) is 10.5. The average Bonchev–Trinajstić information content (AvgIpc) is 3.07. The van der Waals surface area contributed by atoms with Crippen molar-refractivity contribution in [3.8, 4) is 0 Å². The highest BCUT2D eigenvalue weighted by atomic mass is 35.5. The van der Waals surface area contributed by atoms with Gasteiger partial charge >= 0.3 is 0 Å². The van der Waals surface area contributed by atoms with Gasteiger partial charge in [0, 0.05) is 22.7 Å². The molecule has 0 spiro atoms. The predicted molar refractivity (Wildman–Crippen MR) is 122 cm³/mol. The summed E-state index contributed by atoms with van der Waals surface area (Å²) in [5, 5.41) is 10.9. The lowest BCUT2D eigenvalue weighted by atomic mass is 10.1.